The first-order valence-electron chi connectivity index (χ1n) is 8.31. The van der Waals surface area contributed by atoms with E-state index in [4.69, 9.17) is 0 Å². The third-order valence-electron chi connectivity index (χ3n) is 3.42. The van der Waals surface area contributed by atoms with Gasteiger partial charge in [0.05, 0.1) is 0 Å². The Bertz CT molecular complexity index is 646. The standard InChI is InChI=1S/C17H23N2.F6P/c1-2-3-4-5-6-13-19-14-9-17(10-15-19)16-7-11-18-12-8-16;1-7(2,3,4,5)6/h7-12,14-15H,2-6,13H2,1H3;/q+1;-1. The second-order valence-corrected chi connectivity index (χ2v) is 7.85. The normalized spacial score (nSPS) is 14.0. The van der Waals surface area contributed by atoms with Crippen molar-refractivity contribution in [3.8, 4) is 11.1 Å². The zero-order valence-corrected chi connectivity index (χ0v) is 15.4. The molecular formula is C17H23F6N2P. The van der Waals surface area contributed by atoms with Gasteiger partial charge in [-0.15, -0.1) is 0 Å². The zero-order chi connectivity index (χ0) is 19.7. The van der Waals surface area contributed by atoms with Gasteiger partial charge in [0.25, 0.3) is 0 Å². The first-order valence-corrected chi connectivity index (χ1v) is 10.3. The summed E-state index contributed by atoms with van der Waals surface area (Å²) >= 11 is 0. The minimum absolute atomic E-state index is 1.13. The predicted molar refractivity (Wildman–Crippen MR) is 92.2 cm³/mol. The molecule has 0 radical (unpaired) electrons. The Kier molecular flexibility index (Phi) is 7.17. The van der Waals surface area contributed by atoms with Crippen LogP contribution in [0.4, 0.5) is 25.2 Å². The third kappa shape index (κ3) is 13.6. The summed E-state index contributed by atoms with van der Waals surface area (Å²) in [5.74, 6) is 0. The van der Waals surface area contributed by atoms with Crippen LogP contribution in [0.2, 0.25) is 0 Å². The first-order chi connectivity index (χ1) is 11.8. The van der Waals surface area contributed by atoms with Crippen LogP contribution < -0.4 is 4.57 Å². The van der Waals surface area contributed by atoms with Crippen LogP contribution in [0.5, 0.6) is 0 Å². The topological polar surface area (TPSA) is 16.8 Å². The second kappa shape index (κ2) is 8.33. The van der Waals surface area contributed by atoms with Crippen LogP contribution in [-0.4, -0.2) is 4.98 Å². The van der Waals surface area contributed by atoms with Gasteiger partial charge >= 0.3 is 33.0 Å². The van der Waals surface area contributed by atoms with Crippen LogP contribution >= 0.6 is 7.81 Å². The Morgan fingerprint density at radius 1 is 0.769 bits per heavy atom. The van der Waals surface area contributed by atoms with Crippen LogP contribution in [0, 0.1) is 0 Å². The molecule has 0 aliphatic carbocycles. The SMILES string of the molecule is CCCCCCC[n+]1ccc(-c2ccncc2)cc1.F[P-](F)(F)(F)(F)F. The van der Waals surface area contributed by atoms with Crippen molar-refractivity contribution < 1.29 is 29.7 Å². The minimum atomic E-state index is -10.7. The number of aromatic nitrogens is 2. The predicted octanol–water partition coefficient (Wildman–Crippen LogP) is 7.39. The fraction of sp³-hybridized carbons (Fsp3) is 0.412. The summed E-state index contributed by atoms with van der Waals surface area (Å²) < 4.78 is 61.5. The summed E-state index contributed by atoms with van der Waals surface area (Å²) in [5, 5.41) is 0. The molecule has 0 unspecified atom stereocenters. The summed E-state index contributed by atoms with van der Waals surface area (Å²) in [6, 6.07) is 8.46. The molecular weight excluding hydrogens is 377 g/mol. The van der Waals surface area contributed by atoms with E-state index in [-0.39, 0.29) is 0 Å². The molecule has 0 N–H and O–H groups in total. The van der Waals surface area contributed by atoms with E-state index in [1.165, 1.54) is 43.2 Å². The quantitative estimate of drug-likeness (QED) is 0.205. The molecule has 0 amide bonds. The van der Waals surface area contributed by atoms with Gasteiger partial charge in [0.1, 0.15) is 6.54 Å². The molecule has 2 aromatic rings. The van der Waals surface area contributed by atoms with Gasteiger partial charge in [-0.3, -0.25) is 4.98 Å². The maximum absolute atomic E-state index is 10.7. The van der Waals surface area contributed by atoms with Crippen molar-refractivity contribution in [1.29, 1.82) is 0 Å². The molecule has 26 heavy (non-hydrogen) atoms. The van der Waals surface area contributed by atoms with Crippen LogP contribution in [0.25, 0.3) is 11.1 Å². The number of unbranched alkanes of at least 4 members (excludes halogenated alkanes) is 4. The molecule has 0 aromatic carbocycles. The fourth-order valence-corrected chi connectivity index (χ4v) is 2.24. The molecule has 0 bridgehead atoms. The summed E-state index contributed by atoms with van der Waals surface area (Å²) in [6.07, 6.45) is 14.7. The van der Waals surface area contributed by atoms with E-state index in [1.54, 1.807) is 0 Å². The number of halogens is 6. The number of nitrogens with zero attached hydrogens (tertiary/aromatic N) is 2. The Hall–Kier alpha value is -1.69. The van der Waals surface area contributed by atoms with Crippen LogP contribution in [0.15, 0.2) is 49.1 Å². The van der Waals surface area contributed by atoms with Gasteiger partial charge in [-0.05, 0) is 29.7 Å². The van der Waals surface area contributed by atoms with Gasteiger partial charge in [-0.1, -0.05) is 26.2 Å². The van der Waals surface area contributed by atoms with Gasteiger partial charge in [0.15, 0.2) is 12.4 Å². The molecule has 0 aliphatic rings. The Balaban J connectivity index is 0.000000412. The molecule has 2 aromatic heterocycles. The Morgan fingerprint density at radius 2 is 1.23 bits per heavy atom. The Labute approximate surface area is 149 Å². The molecule has 148 valence electrons. The van der Waals surface area contributed by atoms with Crippen molar-refractivity contribution in [1.82, 2.24) is 4.98 Å². The number of hydrogen-bond acceptors (Lipinski definition) is 1. The van der Waals surface area contributed by atoms with Crippen LogP contribution in [0.3, 0.4) is 0 Å². The van der Waals surface area contributed by atoms with E-state index in [1.807, 2.05) is 24.5 Å². The molecule has 9 heteroatoms. The monoisotopic (exact) mass is 400 g/mol. The van der Waals surface area contributed by atoms with Crippen molar-refractivity contribution in [2.45, 2.75) is 45.6 Å². The summed E-state index contributed by atoms with van der Waals surface area (Å²) in [4.78, 5) is 4.05. The molecule has 0 spiro atoms. The molecule has 0 atom stereocenters. The zero-order valence-electron chi connectivity index (χ0n) is 14.5. The van der Waals surface area contributed by atoms with Crippen molar-refractivity contribution in [2.75, 3.05) is 0 Å². The van der Waals surface area contributed by atoms with Crippen molar-refractivity contribution >= 4 is 7.81 Å². The number of pyridine rings is 2. The van der Waals surface area contributed by atoms with E-state index in [9.17, 15) is 25.2 Å². The molecule has 0 saturated carbocycles. The number of hydrogen-bond donors (Lipinski definition) is 0. The third-order valence-corrected chi connectivity index (χ3v) is 3.42. The van der Waals surface area contributed by atoms with E-state index in [2.05, 4.69) is 41.0 Å². The summed E-state index contributed by atoms with van der Waals surface area (Å²) in [5.41, 5.74) is 2.48. The van der Waals surface area contributed by atoms with Gasteiger partial charge < -0.3 is 0 Å². The van der Waals surface area contributed by atoms with Crippen molar-refractivity contribution in [3.05, 3.63) is 49.1 Å². The van der Waals surface area contributed by atoms with Gasteiger partial charge in [0, 0.05) is 30.9 Å². The van der Waals surface area contributed by atoms with Gasteiger partial charge in [-0.25, -0.2) is 4.57 Å². The van der Waals surface area contributed by atoms with E-state index >= 15 is 0 Å². The first kappa shape index (κ1) is 22.4. The number of aryl methyl sites for hydroxylation is 1. The Morgan fingerprint density at radius 3 is 1.73 bits per heavy atom. The second-order valence-electron chi connectivity index (χ2n) is 5.93. The van der Waals surface area contributed by atoms with E-state index in [0.717, 1.165) is 6.54 Å². The summed E-state index contributed by atoms with van der Waals surface area (Å²) in [7, 11) is -10.7. The maximum atomic E-state index is 9.87. The average Bonchev–Trinajstić information content (AvgIpc) is 2.53. The van der Waals surface area contributed by atoms with Gasteiger partial charge in [-0.2, -0.15) is 0 Å². The molecule has 0 aliphatic heterocycles. The molecule has 0 saturated heterocycles. The average molecular weight is 400 g/mol. The van der Waals surface area contributed by atoms with Gasteiger partial charge in [0.2, 0.25) is 0 Å². The summed E-state index contributed by atoms with van der Waals surface area (Å²) in [6.45, 7) is 3.38. The molecule has 0 fully saturated rings. The van der Waals surface area contributed by atoms with Crippen molar-refractivity contribution in [3.63, 3.8) is 0 Å². The molecule has 2 nitrogen and oxygen atoms in total. The van der Waals surface area contributed by atoms with Crippen LogP contribution in [-0.2, 0) is 6.54 Å². The van der Waals surface area contributed by atoms with Crippen LogP contribution in [0.1, 0.15) is 39.0 Å². The van der Waals surface area contributed by atoms with E-state index < -0.39 is 7.81 Å². The fourth-order valence-electron chi connectivity index (χ4n) is 2.24. The van der Waals surface area contributed by atoms with Crippen molar-refractivity contribution in [2.24, 2.45) is 0 Å². The van der Waals surface area contributed by atoms with E-state index in [0.29, 0.717) is 0 Å². The molecule has 2 heterocycles. The molecule has 2 rings (SSSR count). The number of rotatable bonds is 7.